The van der Waals surface area contributed by atoms with Crippen molar-refractivity contribution >= 4 is 5.91 Å². The normalized spacial score (nSPS) is 40.0. The van der Waals surface area contributed by atoms with Gasteiger partial charge < -0.3 is 4.90 Å². The number of amides is 1. The lowest BCUT2D eigenvalue weighted by molar-refractivity contribution is -0.132. The van der Waals surface area contributed by atoms with Crippen LogP contribution < -0.4 is 0 Å². The van der Waals surface area contributed by atoms with Crippen LogP contribution >= 0.6 is 0 Å². The van der Waals surface area contributed by atoms with Crippen LogP contribution in [0.25, 0.3) is 0 Å². The van der Waals surface area contributed by atoms with Crippen molar-refractivity contribution in [3.8, 4) is 0 Å². The quantitative estimate of drug-likeness (QED) is 0.545. The van der Waals surface area contributed by atoms with Gasteiger partial charge in [0, 0.05) is 26.8 Å². The lowest BCUT2D eigenvalue weighted by Gasteiger charge is -2.14. The fourth-order valence-corrected chi connectivity index (χ4v) is 0.812. The van der Waals surface area contributed by atoms with E-state index in [2.05, 4.69) is 0 Å². The minimum atomic E-state index is -2.33. The molecule has 2 heteroatoms. The molecule has 1 amide bonds. The standard InChI is InChI=1S/C8H15NO/c1-9(2)8(10)7-5-3-4-6-7/h7H,3-6H2,1-2H3/i5D2,6D2,7D. The summed E-state index contributed by atoms with van der Waals surface area (Å²) in [6, 6.07) is 0. The average Bonchev–Trinajstić information content (AvgIpc) is 2.26. The van der Waals surface area contributed by atoms with Crippen LogP contribution in [0.4, 0.5) is 0 Å². The van der Waals surface area contributed by atoms with Gasteiger partial charge in [-0.25, -0.2) is 0 Å². The van der Waals surface area contributed by atoms with Gasteiger partial charge in [-0.3, -0.25) is 4.79 Å². The molecule has 0 bridgehead atoms. The van der Waals surface area contributed by atoms with Crippen LogP contribution in [0, 0.1) is 5.89 Å². The highest BCUT2D eigenvalue weighted by Gasteiger charge is 2.23. The number of rotatable bonds is 1. The molecule has 0 atom stereocenters. The largest absolute Gasteiger partial charge is 0.349 e. The van der Waals surface area contributed by atoms with E-state index in [1.54, 1.807) is 0 Å². The molecule has 1 saturated carbocycles. The zero-order valence-electron chi connectivity index (χ0n) is 11.3. The van der Waals surface area contributed by atoms with E-state index in [0.717, 1.165) is 4.90 Å². The van der Waals surface area contributed by atoms with Crippen molar-refractivity contribution in [1.29, 1.82) is 0 Å². The van der Waals surface area contributed by atoms with Crippen LogP contribution in [0.5, 0.6) is 0 Å². The molecule has 0 radical (unpaired) electrons. The minimum absolute atomic E-state index is 0.0942. The first-order chi connectivity index (χ1) is 6.56. The highest BCUT2D eigenvalue weighted by Crippen LogP contribution is 2.25. The predicted octanol–water partition coefficient (Wildman–Crippen LogP) is 1.26. The Hall–Kier alpha value is -0.530. The van der Waals surface area contributed by atoms with Gasteiger partial charge in [0.2, 0.25) is 5.91 Å². The van der Waals surface area contributed by atoms with E-state index in [1.165, 1.54) is 14.1 Å². The average molecular weight is 146 g/mol. The Bertz CT molecular complexity index is 273. The zero-order valence-corrected chi connectivity index (χ0v) is 6.27. The molecule has 0 aromatic carbocycles. The van der Waals surface area contributed by atoms with E-state index in [-0.39, 0.29) is 12.8 Å². The Labute approximate surface area is 69.2 Å². The summed E-state index contributed by atoms with van der Waals surface area (Å²) in [5, 5.41) is 0. The van der Waals surface area contributed by atoms with Crippen molar-refractivity contribution in [3.63, 3.8) is 0 Å². The van der Waals surface area contributed by atoms with E-state index in [4.69, 9.17) is 6.85 Å². The van der Waals surface area contributed by atoms with Gasteiger partial charge in [0.25, 0.3) is 0 Å². The lowest BCUT2D eigenvalue weighted by atomic mass is 10.1. The van der Waals surface area contributed by atoms with Gasteiger partial charge >= 0.3 is 0 Å². The first kappa shape index (κ1) is 3.24. The highest BCUT2D eigenvalue weighted by molar-refractivity contribution is 5.78. The Morgan fingerprint density at radius 3 is 2.50 bits per heavy atom. The van der Waals surface area contributed by atoms with Gasteiger partial charge in [0.1, 0.15) is 0 Å². The Balaban J connectivity index is 3.22. The smallest absolute Gasteiger partial charge is 0.225 e. The number of nitrogens with zero attached hydrogens (tertiary/aromatic N) is 1. The van der Waals surface area contributed by atoms with Crippen molar-refractivity contribution in [3.05, 3.63) is 0 Å². The van der Waals surface area contributed by atoms with Crippen LogP contribution in [-0.4, -0.2) is 24.9 Å². The molecule has 10 heavy (non-hydrogen) atoms. The molecule has 0 heterocycles. The molecule has 0 aliphatic heterocycles. The maximum atomic E-state index is 11.8. The summed E-state index contributed by atoms with van der Waals surface area (Å²) in [5.41, 5.74) is 0. The van der Waals surface area contributed by atoms with Gasteiger partial charge in [-0.05, 0) is 12.7 Å². The minimum Gasteiger partial charge on any atom is -0.349 e. The third-order valence-electron chi connectivity index (χ3n) is 1.35. The third-order valence-corrected chi connectivity index (χ3v) is 1.35. The molecule has 1 rings (SSSR count). The molecule has 58 valence electrons. The van der Waals surface area contributed by atoms with E-state index in [0.29, 0.717) is 0 Å². The monoisotopic (exact) mass is 146 g/mol. The number of carbonyl (C=O) groups excluding carboxylic acids is 1. The number of hydrogen-bond acceptors (Lipinski definition) is 1. The van der Waals surface area contributed by atoms with Crippen molar-refractivity contribution in [2.45, 2.75) is 25.6 Å². The second-order valence-corrected chi connectivity index (χ2v) is 2.43. The second kappa shape index (κ2) is 3.04. The van der Waals surface area contributed by atoms with Crippen molar-refractivity contribution in [2.24, 2.45) is 5.89 Å². The van der Waals surface area contributed by atoms with Gasteiger partial charge in [0.15, 0.2) is 0 Å². The summed E-state index contributed by atoms with van der Waals surface area (Å²) in [7, 11) is 2.81. The Kier molecular flexibility index (Phi) is 0.986. The number of hydrogen-bond donors (Lipinski definition) is 0. The molecular formula is C8H15NO. The van der Waals surface area contributed by atoms with E-state index in [9.17, 15) is 4.79 Å². The molecule has 0 aromatic rings. The lowest BCUT2D eigenvalue weighted by Crippen LogP contribution is -2.27. The van der Waals surface area contributed by atoms with Crippen LogP contribution in [0.3, 0.4) is 0 Å². The van der Waals surface area contributed by atoms with Crippen LogP contribution in [0.2, 0.25) is 0 Å². The van der Waals surface area contributed by atoms with Crippen LogP contribution in [-0.2, 0) is 4.79 Å². The van der Waals surface area contributed by atoms with Gasteiger partial charge in [0.05, 0.1) is 0 Å². The molecule has 1 aliphatic carbocycles. The fraction of sp³-hybridized carbons (Fsp3) is 0.875. The van der Waals surface area contributed by atoms with Crippen molar-refractivity contribution < 1.29 is 11.6 Å². The molecule has 2 nitrogen and oxygen atoms in total. The summed E-state index contributed by atoms with van der Waals surface area (Å²) in [5.74, 6) is -3.14. The zero-order chi connectivity index (χ0) is 12.1. The molecule has 0 unspecified atom stereocenters. The Morgan fingerprint density at radius 1 is 1.60 bits per heavy atom. The maximum absolute atomic E-state index is 11.8. The van der Waals surface area contributed by atoms with E-state index >= 15 is 0 Å². The predicted molar refractivity (Wildman–Crippen MR) is 40.7 cm³/mol. The molecule has 1 aliphatic rings. The summed E-state index contributed by atoms with van der Waals surface area (Å²) in [4.78, 5) is 12.8. The van der Waals surface area contributed by atoms with Gasteiger partial charge in [-0.1, -0.05) is 12.8 Å². The molecule has 0 aromatic heterocycles. The molecule has 0 saturated heterocycles. The highest BCUT2D eigenvalue weighted by atomic mass is 16.2. The first-order valence-electron chi connectivity index (χ1n) is 5.78. The third kappa shape index (κ3) is 1.49. The van der Waals surface area contributed by atoms with Crippen LogP contribution in [0.15, 0.2) is 0 Å². The summed E-state index contributed by atoms with van der Waals surface area (Å²) < 4.78 is 38.3. The maximum Gasteiger partial charge on any atom is 0.225 e. The molecule has 1 fully saturated rings. The van der Waals surface area contributed by atoms with Gasteiger partial charge in [-0.15, -0.1) is 0 Å². The van der Waals surface area contributed by atoms with E-state index in [1.807, 2.05) is 0 Å². The summed E-state index contributed by atoms with van der Waals surface area (Å²) in [6.07, 6.45) is -4.41. The van der Waals surface area contributed by atoms with Crippen LogP contribution in [0.1, 0.15) is 32.4 Å². The summed E-state index contributed by atoms with van der Waals surface area (Å²) >= 11 is 0. The molecular weight excluding hydrogens is 126 g/mol. The van der Waals surface area contributed by atoms with Crippen molar-refractivity contribution in [1.82, 2.24) is 4.90 Å². The fourth-order valence-electron chi connectivity index (χ4n) is 0.812. The second-order valence-electron chi connectivity index (χ2n) is 2.43. The van der Waals surface area contributed by atoms with Gasteiger partial charge in [-0.2, -0.15) is 0 Å². The first-order valence-corrected chi connectivity index (χ1v) is 3.28. The Morgan fingerprint density at radius 2 is 2.10 bits per heavy atom. The van der Waals surface area contributed by atoms with Crippen molar-refractivity contribution in [2.75, 3.05) is 14.1 Å². The SMILES string of the molecule is [2H]C1([2H])CCC([2H])([2H])C1([2H])C(=O)N(C)C. The van der Waals surface area contributed by atoms with E-state index < -0.39 is 24.5 Å². The topological polar surface area (TPSA) is 20.3 Å². The molecule has 0 spiro atoms. The number of carbonyl (C=O) groups is 1. The summed E-state index contributed by atoms with van der Waals surface area (Å²) in [6.45, 7) is 0. The molecule has 0 N–H and O–H groups in total.